The van der Waals surface area contributed by atoms with Crippen molar-refractivity contribution in [2.45, 2.75) is 19.8 Å². The van der Waals surface area contributed by atoms with Gasteiger partial charge in [-0.15, -0.1) is 0 Å². The van der Waals surface area contributed by atoms with E-state index < -0.39 is 0 Å². The third-order valence-electron chi connectivity index (χ3n) is 6.67. The lowest BCUT2D eigenvalue weighted by molar-refractivity contribution is -0.116. The summed E-state index contributed by atoms with van der Waals surface area (Å²) in [6.45, 7) is 1.79. The Morgan fingerprint density at radius 1 is 1.05 bits per heavy atom. The van der Waals surface area contributed by atoms with E-state index in [2.05, 4.69) is 10.3 Å². The number of methoxy groups -OCH3 is 1. The molecule has 2 N–H and O–H groups in total. The average molecular weight is 499 g/mol. The van der Waals surface area contributed by atoms with Crippen molar-refractivity contribution in [1.29, 1.82) is 0 Å². The highest BCUT2D eigenvalue weighted by Crippen LogP contribution is 2.33. The molecule has 7 nitrogen and oxygen atoms in total. The van der Waals surface area contributed by atoms with E-state index in [0.29, 0.717) is 17.8 Å². The summed E-state index contributed by atoms with van der Waals surface area (Å²) in [4.78, 5) is 29.6. The van der Waals surface area contributed by atoms with Crippen molar-refractivity contribution in [1.82, 2.24) is 14.3 Å². The second-order valence-electron chi connectivity index (χ2n) is 8.88. The quantitative estimate of drug-likeness (QED) is 0.317. The number of aryl methyl sites for hydroxylation is 1. The van der Waals surface area contributed by atoms with Gasteiger partial charge in [-0.05, 0) is 79.1 Å². The highest BCUT2D eigenvalue weighted by atomic mass is 19.1. The topological polar surface area (TPSA) is 81.1 Å². The van der Waals surface area contributed by atoms with Crippen LogP contribution in [0.15, 0.2) is 77.6 Å². The minimum atomic E-state index is -0.347. The molecule has 0 saturated heterocycles. The number of nitrogens with zero attached hydrogens (tertiary/aromatic N) is 2. The number of carbonyl (C=O) groups is 1. The molecule has 0 saturated carbocycles. The molecule has 0 spiro atoms. The SMILES string of the molecule is COc1ccc(-c2[nH]c3ccc(F)cc3c2CCC(=O)Nc2c(C)n(C)n(-c3ccccc3)c2=O)cc1. The molecule has 0 aliphatic carbocycles. The lowest BCUT2D eigenvalue weighted by Gasteiger charge is -2.08. The van der Waals surface area contributed by atoms with Gasteiger partial charge in [0, 0.05) is 30.1 Å². The third kappa shape index (κ3) is 4.53. The number of hydrogen-bond acceptors (Lipinski definition) is 3. The fourth-order valence-corrected chi connectivity index (χ4v) is 4.64. The van der Waals surface area contributed by atoms with Crippen molar-refractivity contribution >= 4 is 22.5 Å². The first-order chi connectivity index (χ1) is 17.9. The minimum absolute atomic E-state index is 0.117. The Hall–Kier alpha value is -4.59. The maximum absolute atomic E-state index is 14.1. The van der Waals surface area contributed by atoms with Crippen LogP contribution in [0.1, 0.15) is 17.7 Å². The predicted molar refractivity (Wildman–Crippen MR) is 143 cm³/mol. The number of aromatic nitrogens is 3. The molecule has 0 radical (unpaired) electrons. The molecule has 37 heavy (non-hydrogen) atoms. The minimum Gasteiger partial charge on any atom is -0.497 e. The fourth-order valence-electron chi connectivity index (χ4n) is 4.64. The van der Waals surface area contributed by atoms with Gasteiger partial charge in [0.05, 0.1) is 18.5 Å². The number of para-hydroxylation sites is 1. The molecular weight excluding hydrogens is 471 g/mol. The molecule has 0 unspecified atom stereocenters. The fraction of sp³-hybridized carbons (Fsp3) is 0.172. The predicted octanol–water partition coefficient (Wildman–Crippen LogP) is 5.35. The van der Waals surface area contributed by atoms with Crippen LogP contribution in [0.5, 0.6) is 5.75 Å². The van der Waals surface area contributed by atoms with E-state index in [0.717, 1.165) is 33.5 Å². The van der Waals surface area contributed by atoms with E-state index in [-0.39, 0.29) is 29.4 Å². The van der Waals surface area contributed by atoms with Crippen molar-refractivity contribution in [3.05, 3.63) is 100 Å². The summed E-state index contributed by atoms with van der Waals surface area (Å²) in [6.07, 6.45) is 0.473. The maximum atomic E-state index is 14.1. The first-order valence-electron chi connectivity index (χ1n) is 12.0. The molecule has 1 amide bonds. The van der Waals surface area contributed by atoms with Crippen molar-refractivity contribution in [3.8, 4) is 22.7 Å². The molecule has 0 aliphatic rings. The van der Waals surface area contributed by atoms with Crippen LogP contribution in [0.3, 0.4) is 0 Å². The van der Waals surface area contributed by atoms with Gasteiger partial charge >= 0.3 is 0 Å². The van der Waals surface area contributed by atoms with E-state index in [1.54, 1.807) is 31.8 Å². The third-order valence-corrected chi connectivity index (χ3v) is 6.67. The standard InChI is InChI=1S/C29H27FN4O3/c1-18-27(29(36)34(33(18)2)21-7-5-4-6-8-21)32-26(35)16-14-23-24-17-20(30)11-15-25(24)31-28(23)19-9-12-22(37-3)13-10-19/h4-13,15,17,31H,14,16H2,1-3H3,(H,32,35). The molecule has 8 heteroatoms. The van der Waals surface area contributed by atoms with Crippen LogP contribution in [-0.2, 0) is 18.3 Å². The van der Waals surface area contributed by atoms with Gasteiger partial charge in [0.2, 0.25) is 5.91 Å². The molecule has 0 atom stereocenters. The van der Waals surface area contributed by atoms with Gasteiger partial charge in [-0.25, -0.2) is 9.07 Å². The van der Waals surface area contributed by atoms with Crippen molar-refractivity contribution in [2.24, 2.45) is 7.05 Å². The van der Waals surface area contributed by atoms with Crippen LogP contribution >= 0.6 is 0 Å². The number of benzene rings is 3. The molecule has 0 aliphatic heterocycles. The first-order valence-corrected chi connectivity index (χ1v) is 12.0. The Bertz CT molecular complexity index is 1650. The van der Waals surface area contributed by atoms with E-state index in [9.17, 15) is 14.0 Å². The zero-order valence-electron chi connectivity index (χ0n) is 20.8. The monoisotopic (exact) mass is 498 g/mol. The summed E-state index contributed by atoms with van der Waals surface area (Å²) >= 11 is 0. The number of ether oxygens (including phenoxy) is 1. The summed E-state index contributed by atoms with van der Waals surface area (Å²) in [5.74, 6) is 0.0866. The van der Waals surface area contributed by atoms with Crippen molar-refractivity contribution < 1.29 is 13.9 Å². The van der Waals surface area contributed by atoms with Crippen LogP contribution in [0.4, 0.5) is 10.1 Å². The number of rotatable bonds is 7. The van der Waals surface area contributed by atoms with Gasteiger partial charge in [0.25, 0.3) is 5.56 Å². The lowest BCUT2D eigenvalue weighted by atomic mass is 10.0. The van der Waals surface area contributed by atoms with Crippen LogP contribution in [0.2, 0.25) is 0 Å². The van der Waals surface area contributed by atoms with Crippen LogP contribution in [0.25, 0.3) is 27.8 Å². The number of amides is 1. The molecule has 5 aromatic rings. The van der Waals surface area contributed by atoms with Gasteiger partial charge < -0.3 is 15.0 Å². The molecule has 2 aromatic heterocycles. The molecule has 0 fully saturated rings. The van der Waals surface area contributed by atoms with Gasteiger partial charge in [0.15, 0.2) is 0 Å². The summed E-state index contributed by atoms with van der Waals surface area (Å²) < 4.78 is 22.6. The number of fused-ring (bicyclic) bond motifs is 1. The van der Waals surface area contributed by atoms with Gasteiger partial charge in [-0.2, -0.15) is 0 Å². The van der Waals surface area contributed by atoms with Crippen LogP contribution < -0.4 is 15.6 Å². The van der Waals surface area contributed by atoms with Gasteiger partial charge in [0.1, 0.15) is 17.3 Å². The number of carbonyl (C=O) groups excluding carboxylic acids is 1. The average Bonchev–Trinajstić information content (AvgIpc) is 3.37. The zero-order valence-corrected chi connectivity index (χ0v) is 20.8. The largest absolute Gasteiger partial charge is 0.497 e. The van der Waals surface area contributed by atoms with Crippen LogP contribution in [0, 0.1) is 12.7 Å². The highest BCUT2D eigenvalue weighted by Gasteiger charge is 2.20. The Kier molecular flexibility index (Phi) is 6.40. The smallest absolute Gasteiger partial charge is 0.295 e. The molecule has 0 bridgehead atoms. The van der Waals surface area contributed by atoms with Crippen molar-refractivity contribution in [2.75, 3.05) is 12.4 Å². The molecule has 3 aromatic carbocycles. The molecular formula is C29H27FN4O3. The van der Waals surface area contributed by atoms with Gasteiger partial charge in [-0.1, -0.05) is 18.2 Å². The number of nitrogens with one attached hydrogen (secondary N) is 2. The Labute approximate surface area is 213 Å². The number of anilines is 1. The molecule has 5 rings (SSSR count). The number of hydrogen-bond donors (Lipinski definition) is 2. The number of halogens is 1. The number of aromatic amines is 1. The normalized spacial score (nSPS) is 11.1. The number of H-pyrrole nitrogens is 1. The summed E-state index contributed by atoms with van der Waals surface area (Å²) in [5.41, 5.74) is 4.65. The van der Waals surface area contributed by atoms with Crippen LogP contribution in [-0.4, -0.2) is 27.4 Å². The zero-order chi connectivity index (χ0) is 26.1. The highest BCUT2D eigenvalue weighted by molar-refractivity contribution is 5.94. The Morgan fingerprint density at radius 2 is 1.78 bits per heavy atom. The second kappa shape index (κ2) is 9.81. The maximum Gasteiger partial charge on any atom is 0.295 e. The Morgan fingerprint density at radius 3 is 2.49 bits per heavy atom. The summed E-state index contributed by atoms with van der Waals surface area (Å²) in [7, 11) is 3.38. The van der Waals surface area contributed by atoms with Crippen molar-refractivity contribution in [3.63, 3.8) is 0 Å². The lowest BCUT2D eigenvalue weighted by Crippen LogP contribution is -2.23. The Balaban J connectivity index is 1.43. The van der Waals surface area contributed by atoms with E-state index in [1.165, 1.54) is 16.8 Å². The van der Waals surface area contributed by atoms with Gasteiger partial charge in [-0.3, -0.25) is 14.3 Å². The van der Waals surface area contributed by atoms with E-state index in [4.69, 9.17) is 4.74 Å². The summed E-state index contributed by atoms with van der Waals surface area (Å²) in [6, 6.07) is 21.4. The van der Waals surface area contributed by atoms with E-state index in [1.807, 2.05) is 54.6 Å². The molecule has 188 valence electrons. The molecule has 2 heterocycles. The second-order valence-corrected chi connectivity index (χ2v) is 8.88. The first kappa shape index (κ1) is 24.1. The van der Waals surface area contributed by atoms with E-state index >= 15 is 0 Å². The summed E-state index contributed by atoms with van der Waals surface area (Å²) in [5, 5.41) is 3.53.